The molecule has 0 bridgehead atoms. The quantitative estimate of drug-likeness (QED) is 0.890. The van der Waals surface area contributed by atoms with Gasteiger partial charge in [-0.1, -0.05) is 11.6 Å². The highest BCUT2D eigenvalue weighted by Crippen LogP contribution is 2.33. The molecule has 2 aromatic heterocycles. The number of rotatable bonds is 2. The van der Waals surface area contributed by atoms with Crippen LogP contribution in [0, 0.1) is 6.92 Å². The molecule has 0 saturated carbocycles. The first-order valence-corrected chi connectivity index (χ1v) is 8.93. The van der Waals surface area contributed by atoms with Crippen molar-refractivity contribution in [3.8, 4) is 0 Å². The summed E-state index contributed by atoms with van der Waals surface area (Å²) >= 11 is 6.09. The van der Waals surface area contributed by atoms with Crippen LogP contribution in [0.25, 0.3) is 0 Å². The Morgan fingerprint density at radius 2 is 2.12 bits per heavy atom. The molecule has 1 saturated heterocycles. The maximum atomic E-state index is 13.6. The molecular formula is C18H21ClFN5. The summed E-state index contributed by atoms with van der Waals surface area (Å²) in [6, 6.07) is 3.97. The summed E-state index contributed by atoms with van der Waals surface area (Å²) < 4.78 is 13.6. The number of aromatic nitrogens is 2. The molecule has 0 radical (unpaired) electrons. The molecule has 2 aliphatic rings. The number of nitrogen functional groups attached to an aromatic ring is 1. The lowest BCUT2D eigenvalue weighted by Crippen LogP contribution is -2.32. The summed E-state index contributed by atoms with van der Waals surface area (Å²) in [6.45, 7) is 4.54. The van der Waals surface area contributed by atoms with Crippen molar-refractivity contribution in [1.82, 2.24) is 9.97 Å². The molecule has 0 aromatic carbocycles. The fourth-order valence-corrected chi connectivity index (χ4v) is 3.73. The number of nitrogens with two attached hydrogens (primary N) is 1. The minimum absolute atomic E-state index is 0.364. The molecule has 7 heteroatoms. The molecule has 2 aromatic rings. The van der Waals surface area contributed by atoms with Gasteiger partial charge in [0, 0.05) is 37.9 Å². The fraction of sp³-hybridized carbons (Fsp3) is 0.444. The van der Waals surface area contributed by atoms with Crippen LogP contribution in [0.1, 0.15) is 23.2 Å². The monoisotopic (exact) mass is 361 g/mol. The van der Waals surface area contributed by atoms with Gasteiger partial charge in [-0.2, -0.15) is 0 Å². The van der Waals surface area contributed by atoms with E-state index in [1.54, 1.807) is 6.20 Å². The number of hydrogen-bond donors (Lipinski definition) is 1. The molecule has 4 heterocycles. The van der Waals surface area contributed by atoms with E-state index in [2.05, 4.69) is 9.88 Å². The van der Waals surface area contributed by atoms with Crippen LogP contribution in [0.3, 0.4) is 0 Å². The van der Waals surface area contributed by atoms with Crippen LogP contribution < -0.4 is 15.5 Å². The van der Waals surface area contributed by atoms with Crippen LogP contribution in [0.5, 0.6) is 0 Å². The van der Waals surface area contributed by atoms with E-state index in [9.17, 15) is 4.39 Å². The van der Waals surface area contributed by atoms with Crippen molar-refractivity contribution < 1.29 is 4.39 Å². The second-order valence-electron chi connectivity index (χ2n) is 6.80. The predicted octanol–water partition coefficient (Wildman–Crippen LogP) is 3.13. The molecule has 2 N–H and O–H groups in total. The Balaban J connectivity index is 1.66. The van der Waals surface area contributed by atoms with Gasteiger partial charge in [-0.3, -0.25) is 4.98 Å². The van der Waals surface area contributed by atoms with Gasteiger partial charge >= 0.3 is 0 Å². The third kappa shape index (κ3) is 3.11. The lowest BCUT2D eigenvalue weighted by atomic mass is 10.1. The number of hydrogen-bond acceptors (Lipinski definition) is 5. The number of nitrogens with zero attached hydrogens (tertiary/aromatic N) is 4. The van der Waals surface area contributed by atoms with Gasteiger partial charge in [0.15, 0.2) is 5.82 Å². The van der Waals surface area contributed by atoms with Gasteiger partial charge < -0.3 is 15.5 Å². The Kier molecular flexibility index (Phi) is 4.15. The van der Waals surface area contributed by atoms with Crippen molar-refractivity contribution in [1.29, 1.82) is 0 Å². The largest absolute Gasteiger partial charge is 0.396 e. The summed E-state index contributed by atoms with van der Waals surface area (Å²) in [7, 11) is 0. The molecule has 132 valence electrons. The molecule has 25 heavy (non-hydrogen) atoms. The van der Waals surface area contributed by atoms with Gasteiger partial charge in [0.05, 0.1) is 17.3 Å². The summed E-state index contributed by atoms with van der Waals surface area (Å²) in [5, 5.41) is 0.647. The van der Waals surface area contributed by atoms with Gasteiger partial charge in [0.1, 0.15) is 12.0 Å². The van der Waals surface area contributed by atoms with E-state index in [-0.39, 0.29) is 0 Å². The molecule has 0 unspecified atom stereocenters. The van der Waals surface area contributed by atoms with E-state index in [0.29, 0.717) is 42.6 Å². The Labute approximate surface area is 151 Å². The Hall–Kier alpha value is -2.08. The first kappa shape index (κ1) is 16.4. The van der Waals surface area contributed by atoms with Crippen LogP contribution in [0.2, 0.25) is 5.02 Å². The van der Waals surface area contributed by atoms with Gasteiger partial charge in [-0.05, 0) is 36.6 Å². The highest BCUT2D eigenvalue weighted by atomic mass is 35.5. The van der Waals surface area contributed by atoms with E-state index in [1.165, 1.54) is 0 Å². The number of fused-ring (bicyclic) bond motifs is 1. The van der Waals surface area contributed by atoms with E-state index in [1.807, 2.05) is 24.0 Å². The van der Waals surface area contributed by atoms with Crippen LogP contribution in [0.4, 0.5) is 21.7 Å². The van der Waals surface area contributed by atoms with Crippen LogP contribution in [0.15, 0.2) is 18.3 Å². The zero-order valence-corrected chi connectivity index (χ0v) is 14.9. The second kappa shape index (κ2) is 6.33. The number of pyridine rings is 2. The lowest BCUT2D eigenvalue weighted by molar-refractivity contribution is 0.364. The molecule has 1 fully saturated rings. The minimum Gasteiger partial charge on any atom is -0.396 e. The van der Waals surface area contributed by atoms with E-state index in [0.717, 1.165) is 35.6 Å². The van der Waals surface area contributed by atoms with Gasteiger partial charge in [0.2, 0.25) is 0 Å². The third-order valence-corrected chi connectivity index (χ3v) is 5.20. The predicted molar refractivity (Wildman–Crippen MR) is 99.1 cm³/mol. The highest BCUT2D eigenvalue weighted by Gasteiger charge is 2.27. The van der Waals surface area contributed by atoms with Crippen molar-refractivity contribution in [3.63, 3.8) is 0 Å². The van der Waals surface area contributed by atoms with Crippen molar-refractivity contribution >= 4 is 28.9 Å². The number of alkyl halides is 1. The van der Waals surface area contributed by atoms with Crippen molar-refractivity contribution in [2.45, 2.75) is 32.5 Å². The van der Waals surface area contributed by atoms with Crippen molar-refractivity contribution in [2.75, 3.05) is 35.2 Å². The lowest BCUT2D eigenvalue weighted by Gasteiger charge is -2.31. The standard InChI is InChI=1S/C18H21ClFN5/c1-11-6-16(23-18(17(11)21)25-4-2-14(20)10-25)24-5-3-15-12(9-24)7-13(19)8-22-15/h6-8,14H,2-5,9-10,21H2,1H3/t14-/m1/s1. The number of anilines is 3. The van der Waals surface area contributed by atoms with Crippen LogP contribution >= 0.6 is 11.6 Å². The molecule has 0 aliphatic carbocycles. The summed E-state index contributed by atoms with van der Waals surface area (Å²) in [5.74, 6) is 1.57. The van der Waals surface area contributed by atoms with E-state index < -0.39 is 6.17 Å². The summed E-state index contributed by atoms with van der Waals surface area (Å²) in [6.07, 6.45) is 2.27. The second-order valence-corrected chi connectivity index (χ2v) is 7.23. The summed E-state index contributed by atoms with van der Waals surface area (Å²) in [5.41, 5.74) is 10.1. The topological polar surface area (TPSA) is 58.3 Å². The first-order chi connectivity index (χ1) is 12.0. The smallest absolute Gasteiger partial charge is 0.154 e. The van der Waals surface area contributed by atoms with Gasteiger partial charge in [-0.15, -0.1) is 0 Å². The third-order valence-electron chi connectivity index (χ3n) is 4.99. The SMILES string of the molecule is Cc1cc(N2CCc3ncc(Cl)cc3C2)nc(N2CC[C@@H](F)C2)c1N. The molecule has 0 spiro atoms. The zero-order chi connectivity index (χ0) is 17.6. The number of aryl methyl sites for hydroxylation is 1. The molecule has 2 aliphatic heterocycles. The highest BCUT2D eigenvalue weighted by molar-refractivity contribution is 6.30. The Morgan fingerprint density at radius 1 is 1.28 bits per heavy atom. The Morgan fingerprint density at radius 3 is 2.88 bits per heavy atom. The van der Waals surface area contributed by atoms with Crippen LogP contribution in [-0.2, 0) is 13.0 Å². The van der Waals surface area contributed by atoms with E-state index in [4.69, 9.17) is 22.3 Å². The maximum absolute atomic E-state index is 13.6. The number of halogens is 2. The zero-order valence-electron chi connectivity index (χ0n) is 14.2. The Bertz CT molecular complexity index is 812. The fourth-order valence-electron chi connectivity index (χ4n) is 3.55. The van der Waals surface area contributed by atoms with Crippen molar-refractivity contribution in [3.05, 3.63) is 40.2 Å². The summed E-state index contributed by atoms with van der Waals surface area (Å²) in [4.78, 5) is 13.4. The maximum Gasteiger partial charge on any atom is 0.154 e. The van der Waals surface area contributed by atoms with Crippen LogP contribution in [-0.4, -0.2) is 35.8 Å². The molecule has 1 atom stereocenters. The average molecular weight is 362 g/mol. The average Bonchev–Trinajstić information content (AvgIpc) is 3.02. The normalized spacial score (nSPS) is 20.0. The van der Waals surface area contributed by atoms with Crippen molar-refractivity contribution in [2.24, 2.45) is 0 Å². The molecule has 4 rings (SSSR count). The molecule has 0 amide bonds. The molecule has 5 nitrogen and oxygen atoms in total. The molecular weight excluding hydrogens is 341 g/mol. The van der Waals surface area contributed by atoms with Gasteiger partial charge in [0.25, 0.3) is 0 Å². The first-order valence-electron chi connectivity index (χ1n) is 8.55. The van der Waals surface area contributed by atoms with E-state index >= 15 is 0 Å². The minimum atomic E-state index is -0.805. The van der Waals surface area contributed by atoms with Gasteiger partial charge in [-0.25, -0.2) is 9.37 Å².